The molecule has 2 nitrogen and oxygen atoms in total. The molecule has 0 N–H and O–H groups in total. The van der Waals surface area contributed by atoms with Gasteiger partial charge < -0.3 is 0 Å². The van der Waals surface area contributed by atoms with Crippen molar-refractivity contribution >= 4 is 17.3 Å². The summed E-state index contributed by atoms with van der Waals surface area (Å²) in [7, 11) is 0. The summed E-state index contributed by atoms with van der Waals surface area (Å²) >= 11 is 5.95. The first-order chi connectivity index (χ1) is 5.88. The molecule has 0 fully saturated rings. The number of rotatable bonds is 1. The van der Waals surface area contributed by atoms with Gasteiger partial charge in [-0.15, -0.1) is 0 Å². The Balaban J connectivity index is 2.46. The van der Waals surface area contributed by atoms with Gasteiger partial charge in [0.15, 0.2) is 0 Å². The molecule has 1 aliphatic rings. The van der Waals surface area contributed by atoms with Crippen molar-refractivity contribution in [3.8, 4) is 0 Å². The third kappa shape index (κ3) is 1.21. The first-order valence-corrected chi connectivity index (χ1v) is 3.95. The van der Waals surface area contributed by atoms with Crippen LogP contribution >= 0.6 is 11.6 Å². The molecule has 0 spiro atoms. The van der Waals surface area contributed by atoms with E-state index in [-0.39, 0.29) is 0 Å². The molecule has 59 valence electrons. The lowest BCUT2D eigenvalue weighted by atomic mass is 10.1. The highest BCUT2D eigenvalue weighted by molar-refractivity contribution is 6.35. The van der Waals surface area contributed by atoms with Crippen LogP contribution in [0.5, 0.6) is 0 Å². The number of halogens is 1. The van der Waals surface area contributed by atoms with Crippen LogP contribution in [0.2, 0.25) is 5.02 Å². The third-order valence-corrected chi connectivity index (χ3v) is 1.94. The SMILES string of the molecule is Clc1ccccc1C1=N[N]C=C1. The second-order valence-electron chi connectivity index (χ2n) is 2.40. The van der Waals surface area contributed by atoms with E-state index in [2.05, 4.69) is 10.5 Å². The molecular weight excluding hydrogens is 172 g/mol. The Morgan fingerprint density at radius 3 is 2.67 bits per heavy atom. The standard InChI is InChI=1S/C9H6ClN2/c10-8-4-2-1-3-7(8)9-5-6-11-12-9/h1-6H. The molecule has 0 unspecified atom stereocenters. The van der Waals surface area contributed by atoms with Crippen molar-refractivity contribution in [1.29, 1.82) is 0 Å². The first kappa shape index (κ1) is 7.37. The van der Waals surface area contributed by atoms with Crippen molar-refractivity contribution in [1.82, 2.24) is 5.43 Å². The Labute approximate surface area is 75.5 Å². The topological polar surface area (TPSA) is 26.5 Å². The van der Waals surface area contributed by atoms with Crippen LogP contribution in [0.4, 0.5) is 0 Å². The minimum absolute atomic E-state index is 0.706. The van der Waals surface area contributed by atoms with E-state index in [4.69, 9.17) is 11.6 Å². The summed E-state index contributed by atoms with van der Waals surface area (Å²) in [4.78, 5) is 0. The molecule has 0 bridgehead atoms. The summed E-state index contributed by atoms with van der Waals surface area (Å²) in [6.07, 6.45) is 3.49. The number of hydrogen-bond acceptors (Lipinski definition) is 1. The van der Waals surface area contributed by atoms with Gasteiger partial charge in [0.05, 0.1) is 16.9 Å². The molecule has 0 atom stereocenters. The van der Waals surface area contributed by atoms with Crippen molar-refractivity contribution in [2.75, 3.05) is 0 Å². The summed E-state index contributed by atoms with van der Waals surface area (Å²) in [5.74, 6) is 0. The van der Waals surface area contributed by atoms with Gasteiger partial charge in [-0.05, 0) is 12.1 Å². The molecule has 2 rings (SSSR count). The molecule has 0 saturated carbocycles. The number of hydrogen-bond donors (Lipinski definition) is 0. The van der Waals surface area contributed by atoms with Crippen LogP contribution < -0.4 is 5.43 Å². The summed E-state index contributed by atoms with van der Waals surface area (Å²) in [5.41, 5.74) is 5.48. The van der Waals surface area contributed by atoms with E-state index < -0.39 is 0 Å². The molecule has 0 saturated heterocycles. The van der Waals surface area contributed by atoms with Crippen LogP contribution in [-0.2, 0) is 0 Å². The minimum Gasteiger partial charge on any atom is -0.158 e. The van der Waals surface area contributed by atoms with Gasteiger partial charge in [0.25, 0.3) is 0 Å². The predicted molar refractivity (Wildman–Crippen MR) is 49.3 cm³/mol. The van der Waals surface area contributed by atoms with Gasteiger partial charge in [0.1, 0.15) is 0 Å². The predicted octanol–water partition coefficient (Wildman–Crippen LogP) is 2.18. The molecule has 3 heteroatoms. The Hall–Kier alpha value is -1.28. The van der Waals surface area contributed by atoms with Crippen LogP contribution in [-0.4, -0.2) is 5.71 Å². The maximum atomic E-state index is 5.95. The molecule has 12 heavy (non-hydrogen) atoms. The van der Waals surface area contributed by atoms with Crippen LogP contribution in [0.1, 0.15) is 5.56 Å². The van der Waals surface area contributed by atoms with Gasteiger partial charge in [0, 0.05) is 5.56 Å². The maximum absolute atomic E-state index is 5.95. The fraction of sp³-hybridized carbons (Fsp3) is 0. The average molecular weight is 178 g/mol. The highest BCUT2D eigenvalue weighted by Gasteiger charge is 2.07. The summed E-state index contributed by atoms with van der Waals surface area (Å²) < 4.78 is 0. The number of benzene rings is 1. The Morgan fingerprint density at radius 1 is 1.17 bits per heavy atom. The lowest BCUT2D eigenvalue weighted by molar-refractivity contribution is 0.972. The molecule has 1 aromatic rings. The van der Waals surface area contributed by atoms with Crippen LogP contribution in [0.25, 0.3) is 0 Å². The Kier molecular flexibility index (Phi) is 1.84. The fourth-order valence-corrected chi connectivity index (χ4v) is 1.28. The highest BCUT2D eigenvalue weighted by atomic mass is 35.5. The van der Waals surface area contributed by atoms with E-state index in [1.54, 1.807) is 6.20 Å². The van der Waals surface area contributed by atoms with Crippen molar-refractivity contribution in [2.45, 2.75) is 0 Å². The first-order valence-electron chi connectivity index (χ1n) is 3.57. The van der Waals surface area contributed by atoms with Gasteiger partial charge >= 0.3 is 0 Å². The van der Waals surface area contributed by atoms with E-state index in [9.17, 15) is 0 Å². The summed E-state index contributed by atoms with van der Waals surface area (Å²) in [6.45, 7) is 0. The summed E-state index contributed by atoms with van der Waals surface area (Å²) in [6, 6.07) is 7.58. The van der Waals surface area contributed by atoms with Crippen molar-refractivity contribution in [3.63, 3.8) is 0 Å². The Morgan fingerprint density at radius 2 is 2.00 bits per heavy atom. The second kappa shape index (κ2) is 2.99. The smallest absolute Gasteiger partial charge is 0.0960 e. The fourth-order valence-electron chi connectivity index (χ4n) is 1.05. The van der Waals surface area contributed by atoms with E-state index in [0.29, 0.717) is 5.02 Å². The lowest BCUT2D eigenvalue weighted by Crippen LogP contribution is -1.94. The monoisotopic (exact) mass is 177 g/mol. The van der Waals surface area contributed by atoms with Crippen LogP contribution in [0, 0.1) is 0 Å². The normalized spacial score (nSPS) is 14.2. The molecule has 1 aromatic carbocycles. The zero-order valence-electron chi connectivity index (χ0n) is 6.24. The summed E-state index contributed by atoms with van der Waals surface area (Å²) in [5, 5.41) is 4.62. The minimum atomic E-state index is 0.706. The molecule has 0 amide bonds. The quantitative estimate of drug-likeness (QED) is 0.629. The molecular formula is C9H6ClN2. The molecule has 1 heterocycles. The van der Waals surface area contributed by atoms with Gasteiger partial charge in [-0.3, -0.25) is 0 Å². The van der Waals surface area contributed by atoms with E-state index in [0.717, 1.165) is 11.3 Å². The van der Waals surface area contributed by atoms with E-state index in [1.165, 1.54) is 0 Å². The van der Waals surface area contributed by atoms with Crippen LogP contribution in [0.3, 0.4) is 0 Å². The zero-order chi connectivity index (χ0) is 8.39. The Bertz CT molecular complexity index is 355. The van der Waals surface area contributed by atoms with Crippen molar-refractivity contribution in [2.24, 2.45) is 5.10 Å². The zero-order valence-corrected chi connectivity index (χ0v) is 6.99. The van der Waals surface area contributed by atoms with Gasteiger partial charge in [-0.2, -0.15) is 10.5 Å². The molecule has 0 aromatic heterocycles. The lowest BCUT2D eigenvalue weighted by Gasteiger charge is -1.98. The van der Waals surface area contributed by atoms with Crippen LogP contribution in [0.15, 0.2) is 41.6 Å². The van der Waals surface area contributed by atoms with Gasteiger partial charge in [-0.1, -0.05) is 29.8 Å². The molecule has 1 radical (unpaired) electrons. The number of nitrogens with zero attached hydrogens (tertiary/aromatic N) is 2. The number of allylic oxidation sites excluding steroid dienone is 1. The molecule has 1 aliphatic heterocycles. The van der Waals surface area contributed by atoms with Gasteiger partial charge in [0.2, 0.25) is 0 Å². The van der Waals surface area contributed by atoms with Gasteiger partial charge in [-0.25, -0.2) is 0 Å². The third-order valence-electron chi connectivity index (χ3n) is 1.61. The second-order valence-corrected chi connectivity index (χ2v) is 2.80. The maximum Gasteiger partial charge on any atom is 0.0960 e. The van der Waals surface area contributed by atoms with Crippen molar-refractivity contribution in [3.05, 3.63) is 47.1 Å². The van der Waals surface area contributed by atoms with E-state index in [1.807, 2.05) is 30.3 Å². The largest absolute Gasteiger partial charge is 0.158 e. The average Bonchev–Trinajstić information content (AvgIpc) is 2.57. The van der Waals surface area contributed by atoms with Crippen molar-refractivity contribution < 1.29 is 0 Å². The van der Waals surface area contributed by atoms with E-state index >= 15 is 0 Å². The highest BCUT2D eigenvalue weighted by Crippen LogP contribution is 2.17. The molecule has 0 aliphatic carbocycles.